The molecule has 0 saturated carbocycles. The molecule has 0 bridgehead atoms. The van der Waals surface area contributed by atoms with Gasteiger partial charge in [-0.05, 0) is 42.7 Å². The minimum atomic E-state index is -3.55. The highest BCUT2D eigenvalue weighted by Gasteiger charge is 2.31. The van der Waals surface area contributed by atoms with Crippen molar-refractivity contribution >= 4 is 33.2 Å². The van der Waals surface area contributed by atoms with E-state index in [1.807, 2.05) is 20.8 Å². The number of sulfonamides is 1. The van der Waals surface area contributed by atoms with Gasteiger partial charge in [0, 0.05) is 19.5 Å². The van der Waals surface area contributed by atoms with Crippen LogP contribution in [0.5, 0.6) is 5.75 Å². The van der Waals surface area contributed by atoms with Gasteiger partial charge in [-0.1, -0.05) is 32.0 Å². The van der Waals surface area contributed by atoms with Crippen LogP contribution in [-0.2, 0) is 14.8 Å². The molecular weight excluding hydrogens is 430 g/mol. The minimum Gasteiger partial charge on any atom is -0.478 e. The Morgan fingerprint density at radius 1 is 1.19 bits per heavy atom. The van der Waals surface area contributed by atoms with E-state index < -0.39 is 22.0 Å². The van der Waals surface area contributed by atoms with Gasteiger partial charge in [0.15, 0.2) is 6.10 Å². The molecule has 9 heteroatoms. The zero-order chi connectivity index (χ0) is 23.5. The first-order valence-corrected chi connectivity index (χ1v) is 12.3. The van der Waals surface area contributed by atoms with Crippen LogP contribution in [0.2, 0.25) is 0 Å². The molecule has 0 unspecified atom stereocenters. The summed E-state index contributed by atoms with van der Waals surface area (Å²) >= 11 is 0. The zero-order valence-corrected chi connectivity index (χ0v) is 19.5. The lowest BCUT2D eigenvalue weighted by Crippen LogP contribution is -2.36. The first kappa shape index (κ1) is 23.6. The van der Waals surface area contributed by atoms with Crippen LogP contribution in [0.25, 0.3) is 0 Å². The third-order valence-corrected chi connectivity index (χ3v) is 6.22. The Kier molecular flexibility index (Phi) is 7.08. The molecule has 0 aromatic heterocycles. The average Bonchev–Trinajstić information content (AvgIpc) is 2.91. The summed E-state index contributed by atoms with van der Waals surface area (Å²) in [5.41, 5.74) is 2.01. The zero-order valence-electron chi connectivity index (χ0n) is 18.7. The molecule has 0 saturated heterocycles. The number of hydrogen-bond acceptors (Lipinski definition) is 5. The van der Waals surface area contributed by atoms with E-state index in [1.165, 1.54) is 4.31 Å². The second kappa shape index (κ2) is 9.60. The van der Waals surface area contributed by atoms with E-state index in [4.69, 9.17) is 4.74 Å². The molecule has 0 aliphatic carbocycles. The number of hydrogen-bond donors (Lipinski definition) is 2. The van der Waals surface area contributed by atoms with Crippen molar-refractivity contribution in [2.24, 2.45) is 5.92 Å². The largest absolute Gasteiger partial charge is 0.478 e. The van der Waals surface area contributed by atoms with Gasteiger partial charge in [0.25, 0.3) is 11.8 Å². The van der Waals surface area contributed by atoms with Gasteiger partial charge in [-0.2, -0.15) is 0 Å². The lowest BCUT2D eigenvalue weighted by molar-refractivity contribution is -0.122. The normalized spacial score (nSPS) is 16.0. The second-order valence-electron chi connectivity index (χ2n) is 8.34. The smallest absolute Gasteiger partial charge is 0.265 e. The third kappa shape index (κ3) is 5.59. The molecule has 172 valence electrons. The Balaban J connectivity index is 1.83. The molecule has 0 fully saturated rings. The molecule has 0 spiro atoms. The first-order valence-electron chi connectivity index (χ1n) is 10.5. The molecule has 8 nitrogen and oxygen atoms in total. The van der Waals surface area contributed by atoms with Crippen LogP contribution < -0.4 is 19.7 Å². The summed E-state index contributed by atoms with van der Waals surface area (Å²) in [7, 11) is -3.55. The minimum absolute atomic E-state index is 0.101. The monoisotopic (exact) mass is 459 g/mol. The summed E-state index contributed by atoms with van der Waals surface area (Å²) in [6, 6.07) is 11.9. The van der Waals surface area contributed by atoms with Crippen LogP contribution >= 0.6 is 0 Å². The lowest BCUT2D eigenvalue weighted by atomic mass is 10.1. The molecular formula is C23H29N3O5S. The van der Waals surface area contributed by atoms with Crippen molar-refractivity contribution in [1.29, 1.82) is 0 Å². The number of rotatable bonds is 6. The average molecular weight is 460 g/mol. The van der Waals surface area contributed by atoms with Gasteiger partial charge in [0.05, 0.1) is 23.2 Å². The summed E-state index contributed by atoms with van der Waals surface area (Å²) in [6.45, 7) is 6.47. The van der Waals surface area contributed by atoms with Gasteiger partial charge < -0.3 is 15.4 Å². The predicted octanol–water partition coefficient (Wildman–Crippen LogP) is 2.94. The molecule has 3 rings (SSSR count). The topological polar surface area (TPSA) is 105 Å². The molecule has 1 heterocycles. The van der Waals surface area contributed by atoms with Gasteiger partial charge in [-0.15, -0.1) is 0 Å². The van der Waals surface area contributed by atoms with E-state index in [-0.39, 0.29) is 18.9 Å². The van der Waals surface area contributed by atoms with E-state index in [9.17, 15) is 18.0 Å². The maximum atomic E-state index is 13.1. The molecule has 1 aliphatic heterocycles. The van der Waals surface area contributed by atoms with Crippen LogP contribution in [0.1, 0.15) is 36.2 Å². The van der Waals surface area contributed by atoms with Gasteiger partial charge in [0.1, 0.15) is 5.75 Å². The van der Waals surface area contributed by atoms with Crippen molar-refractivity contribution in [1.82, 2.24) is 5.32 Å². The summed E-state index contributed by atoms with van der Waals surface area (Å²) < 4.78 is 31.9. The van der Waals surface area contributed by atoms with Gasteiger partial charge in [0.2, 0.25) is 10.0 Å². The number of fused-ring (bicyclic) bond motifs is 1. The Morgan fingerprint density at radius 3 is 2.59 bits per heavy atom. The first-order chi connectivity index (χ1) is 15.1. The fourth-order valence-electron chi connectivity index (χ4n) is 3.41. The number of nitrogens with one attached hydrogen (secondary N) is 2. The number of benzene rings is 2. The Hall–Kier alpha value is -3.07. The van der Waals surface area contributed by atoms with Gasteiger partial charge in [-0.25, -0.2) is 8.42 Å². The Bertz CT molecular complexity index is 1110. The van der Waals surface area contributed by atoms with Crippen molar-refractivity contribution < 1.29 is 22.7 Å². The van der Waals surface area contributed by atoms with Crippen LogP contribution in [-0.4, -0.2) is 45.7 Å². The van der Waals surface area contributed by atoms with Crippen LogP contribution in [0.4, 0.5) is 11.4 Å². The molecule has 2 N–H and O–H groups in total. The highest BCUT2D eigenvalue weighted by molar-refractivity contribution is 7.92. The second-order valence-corrected chi connectivity index (χ2v) is 10.2. The van der Waals surface area contributed by atoms with Crippen molar-refractivity contribution in [3.05, 3.63) is 53.6 Å². The molecule has 2 aromatic rings. The standard InChI is InChI=1S/C23H29N3O5S/c1-15(2)14-24-22(27)17-7-5-6-8-18(17)25-23(28)21-11-12-26(32(4,29)30)19-13-16(3)9-10-20(19)31-21/h5-10,13,15,21H,11-12,14H2,1-4H3,(H,24,27)(H,25,28)/t21-/m0/s1. The van der Waals surface area contributed by atoms with Crippen LogP contribution in [0.3, 0.4) is 0 Å². The van der Waals surface area contributed by atoms with Crippen molar-refractivity contribution in [3.8, 4) is 5.75 Å². The number of amides is 2. The van der Waals surface area contributed by atoms with E-state index in [0.717, 1.165) is 11.8 Å². The number of ether oxygens (including phenoxy) is 1. The van der Waals surface area contributed by atoms with Crippen LogP contribution in [0, 0.1) is 12.8 Å². The van der Waals surface area contributed by atoms with E-state index >= 15 is 0 Å². The number of anilines is 2. The maximum absolute atomic E-state index is 13.1. The number of carbonyl (C=O) groups excluding carboxylic acids is 2. The quantitative estimate of drug-likeness (QED) is 0.691. The lowest BCUT2D eigenvalue weighted by Gasteiger charge is -2.21. The highest BCUT2D eigenvalue weighted by atomic mass is 32.2. The van der Waals surface area contributed by atoms with E-state index in [0.29, 0.717) is 35.2 Å². The van der Waals surface area contributed by atoms with Crippen molar-refractivity contribution in [2.45, 2.75) is 33.3 Å². The number of carbonyl (C=O) groups is 2. The summed E-state index contributed by atoms with van der Waals surface area (Å²) in [5, 5.41) is 5.63. The SMILES string of the molecule is Cc1ccc2c(c1)N(S(C)(=O)=O)CC[C@@H](C(=O)Nc1ccccc1C(=O)NCC(C)C)O2. The van der Waals surface area contributed by atoms with E-state index in [2.05, 4.69) is 10.6 Å². The predicted molar refractivity (Wildman–Crippen MR) is 125 cm³/mol. The molecule has 2 aromatic carbocycles. The Morgan fingerprint density at radius 2 is 1.91 bits per heavy atom. The van der Waals surface area contributed by atoms with Crippen molar-refractivity contribution in [3.63, 3.8) is 0 Å². The van der Waals surface area contributed by atoms with Gasteiger partial charge >= 0.3 is 0 Å². The number of para-hydroxylation sites is 1. The van der Waals surface area contributed by atoms with Crippen molar-refractivity contribution in [2.75, 3.05) is 29.0 Å². The molecule has 2 amide bonds. The van der Waals surface area contributed by atoms with Gasteiger partial charge in [-0.3, -0.25) is 13.9 Å². The fourth-order valence-corrected chi connectivity index (χ4v) is 4.35. The molecule has 0 radical (unpaired) electrons. The summed E-state index contributed by atoms with van der Waals surface area (Å²) in [4.78, 5) is 25.6. The highest BCUT2D eigenvalue weighted by Crippen LogP contribution is 2.35. The number of aryl methyl sites for hydroxylation is 1. The van der Waals surface area contributed by atoms with Crippen LogP contribution in [0.15, 0.2) is 42.5 Å². The molecule has 1 atom stereocenters. The number of nitrogens with zero attached hydrogens (tertiary/aromatic N) is 1. The summed E-state index contributed by atoms with van der Waals surface area (Å²) in [6.07, 6.45) is 0.370. The molecule has 32 heavy (non-hydrogen) atoms. The molecule has 1 aliphatic rings. The third-order valence-electron chi connectivity index (χ3n) is 5.04. The maximum Gasteiger partial charge on any atom is 0.265 e. The van der Waals surface area contributed by atoms with E-state index in [1.54, 1.807) is 42.5 Å². The fraction of sp³-hybridized carbons (Fsp3) is 0.391. The summed E-state index contributed by atoms with van der Waals surface area (Å²) in [5.74, 6) is -0.111. The Labute approximate surface area is 189 Å².